The number of imide groups is 2. The molecule has 61 heavy (non-hydrogen) atoms. The maximum absolute atomic E-state index is 14.1. The number of carbonyl (C=O) groups is 6. The van der Waals surface area contributed by atoms with Crippen molar-refractivity contribution < 1.29 is 38.2 Å². The number of anilines is 2. The molecule has 1 aliphatic carbocycles. The molecule has 1 atom stereocenters. The van der Waals surface area contributed by atoms with Gasteiger partial charge in [0.25, 0.3) is 11.8 Å². The van der Waals surface area contributed by atoms with Gasteiger partial charge in [0.2, 0.25) is 17.7 Å². The second-order valence-corrected chi connectivity index (χ2v) is 16.5. The molecule has 15 nitrogen and oxygen atoms in total. The molecular formula is C46H49N7O8. The highest BCUT2D eigenvalue weighted by Gasteiger charge is 2.46. The van der Waals surface area contributed by atoms with E-state index < -0.39 is 35.1 Å². The van der Waals surface area contributed by atoms with E-state index in [1.54, 1.807) is 24.3 Å². The number of H-pyrrole nitrogens is 1. The predicted molar refractivity (Wildman–Crippen MR) is 227 cm³/mol. The molecule has 316 valence electrons. The van der Waals surface area contributed by atoms with Crippen molar-refractivity contribution in [3.63, 3.8) is 0 Å². The van der Waals surface area contributed by atoms with Crippen LogP contribution in [-0.4, -0.2) is 103 Å². The first kappa shape index (κ1) is 41.4. The zero-order valence-corrected chi connectivity index (χ0v) is 34.6. The van der Waals surface area contributed by atoms with Gasteiger partial charge in [-0.3, -0.25) is 39.0 Å². The van der Waals surface area contributed by atoms with E-state index in [2.05, 4.69) is 63.6 Å². The number of nitrogens with zero attached hydrogens (tertiary/aromatic N) is 3. The Balaban J connectivity index is 0.758. The van der Waals surface area contributed by atoms with E-state index in [1.165, 1.54) is 0 Å². The van der Waals surface area contributed by atoms with Crippen molar-refractivity contribution >= 4 is 63.3 Å². The van der Waals surface area contributed by atoms with Gasteiger partial charge in [-0.1, -0.05) is 39.0 Å². The van der Waals surface area contributed by atoms with Gasteiger partial charge in [-0.2, -0.15) is 0 Å². The van der Waals surface area contributed by atoms with Gasteiger partial charge in [-0.25, -0.2) is 4.85 Å². The summed E-state index contributed by atoms with van der Waals surface area (Å²) in [6, 6.07) is 13.6. The minimum atomic E-state index is -1.03. The monoisotopic (exact) mass is 827 g/mol. The largest absolute Gasteiger partial charge is 0.382 e. The van der Waals surface area contributed by atoms with Crippen LogP contribution in [0.5, 0.6) is 0 Å². The van der Waals surface area contributed by atoms with Crippen molar-refractivity contribution in [2.75, 3.05) is 56.3 Å². The number of ether oxygens (including phenoxy) is 2. The van der Waals surface area contributed by atoms with E-state index >= 15 is 0 Å². The summed E-state index contributed by atoms with van der Waals surface area (Å²) in [5, 5.41) is 9.36. The Morgan fingerprint density at radius 2 is 1.69 bits per heavy atom. The fourth-order valence-electron chi connectivity index (χ4n) is 9.12. The molecule has 3 aromatic carbocycles. The highest BCUT2D eigenvalue weighted by Crippen LogP contribution is 2.46. The SMILES string of the molecule is [C-]#[N+]c1ccc2c3c([nH]c2c1)C(C)(C)c1cc(N2CCC(NC(=O)CCOCCOCCNc4cccc5c4C(=O)N(C4CCC(=O)NC4=O)C5=O)CC2)c(CC)cc1C3=O. The van der Waals surface area contributed by atoms with Crippen molar-refractivity contribution in [3.8, 4) is 0 Å². The fourth-order valence-corrected chi connectivity index (χ4v) is 9.12. The Kier molecular flexibility index (Phi) is 11.5. The molecule has 8 rings (SSSR count). The molecule has 4 heterocycles. The van der Waals surface area contributed by atoms with Crippen molar-refractivity contribution in [2.45, 2.75) is 76.8 Å². The van der Waals surface area contributed by atoms with Gasteiger partial charge in [-0.05, 0) is 67.1 Å². The molecule has 5 amide bonds. The lowest BCUT2D eigenvalue weighted by atomic mass is 9.70. The highest BCUT2D eigenvalue weighted by molar-refractivity contribution is 6.25. The van der Waals surface area contributed by atoms with Crippen molar-refractivity contribution in [2.24, 2.45) is 0 Å². The van der Waals surface area contributed by atoms with E-state index in [0.717, 1.165) is 76.2 Å². The third kappa shape index (κ3) is 7.77. The van der Waals surface area contributed by atoms with Crippen LogP contribution in [0.3, 0.4) is 0 Å². The van der Waals surface area contributed by atoms with Crippen LogP contribution in [-0.2, 0) is 35.7 Å². The minimum absolute atomic E-state index is 0.00753. The zero-order chi connectivity index (χ0) is 43.0. The number of aryl methyl sites for hydroxylation is 1. The number of carbonyl (C=O) groups excluding carboxylic acids is 6. The molecule has 1 unspecified atom stereocenters. The normalized spacial score (nSPS) is 18.5. The number of nitrogens with one attached hydrogen (secondary N) is 4. The Labute approximate surface area is 353 Å². The first-order valence-corrected chi connectivity index (χ1v) is 20.9. The average molecular weight is 828 g/mol. The van der Waals surface area contributed by atoms with Crippen LogP contribution in [0, 0.1) is 6.57 Å². The van der Waals surface area contributed by atoms with E-state index in [9.17, 15) is 28.8 Å². The third-order valence-electron chi connectivity index (χ3n) is 12.4. The molecule has 0 saturated carbocycles. The Morgan fingerprint density at radius 1 is 0.918 bits per heavy atom. The number of amides is 5. The molecule has 0 bridgehead atoms. The molecular weight excluding hydrogens is 779 g/mol. The Hall–Kier alpha value is -6.37. The van der Waals surface area contributed by atoms with Gasteiger partial charge >= 0.3 is 0 Å². The van der Waals surface area contributed by atoms with Crippen LogP contribution in [0.25, 0.3) is 15.7 Å². The summed E-state index contributed by atoms with van der Waals surface area (Å²) < 4.78 is 11.3. The molecule has 4 aliphatic rings. The summed E-state index contributed by atoms with van der Waals surface area (Å²) in [4.78, 5) is 87.5. The molecule has 3 aliphatic heterocycles. The quantitative estimate of drug-likeness (QED) is 0.0752. The summed E-state index contributed by atoms with van der Waals surface area (Å²) in [5.74, 6) is -2.28. The maximum Gasteiger partial charge on any atom is 0.264 e. The van der Waals surface area contributed by atoms with E-state index in [-0.39, 0.29) is 54.7 Å². The Bertz CT molecular complexity index is 2510. The van der Waals surface area contributed by atoms with Gasteiger partial charge < -0.3 is 30.0 Å². The van der Waals surface area contributed by atoms with Crippen LogP contribution in [0.1, 0.15) is 106 Å². The second-order valence-electron chi connectivity index (χ2n) is 16.5. The molecule has 4 aromatic rings. The minimum Gasteiger partial charge on any atom is -0.382 e. The summed E-state index contributed by atoms with van der Waals surface area (Å²) >= 11 is 0. The fraction of sp³-hybridized carbons (Fsp3) is 0.413. The van der Waals surface area contributed by atoms with E-state index in [4.69, 9.17) is 16.0 Å². The first-order valence-electron chi connectivity index (χ1n) is 20.9. The first-order chi connectivity index (χ1) is 29.4. The predicted octanol–water partition coefficient (Wildman–Crippen LogP) is 5.17. The number of benzene rings is 3. The van der Waals surface area contributed by atoms with Crippen LogP contribution < -0.4 is 20.9 Å². The number of ketones is 1. The number of hydrogen-bond acceptors (Lipinski definition) is 10. The maximum atomic E-state index is 14.1. The second kappa shape index (κ2) is 16.9. The number of aromatic amines is 1. The van der Waals surface area contributed by atoms with Crippen molar-refractivity contribution in [3.05, 3.63) is 99.0 Å². The summed E-state index contributed by atoms with van der Waals surface area (Å²) in [5.41, 5.74) is 7.24. The molecule has 2 saturated heterocycles. The Morgan fingerprint density at radius 3 is 2.43 bits per heavy atom. The zero-order valence-electron chi connectivity index (χ0n) is 34.6. The molecule has 0 spiro atoms. The van der Waals surface area contributed by atoms with Gasteiger partial charge in [0.1, 0.15) is 6.04 Å². The summed E-state index contributed by atoms with van der Waals surface area (Å²) in [6.45, 7) is 16.9. The van der Waals surface area contributed by atoms with Gasteiger partial charge in [0, 0.05) is 77.5 Å². The summed E-state index contributed by atoms with van der Waals surface area (Å²) in [6.07, 6.45) is 2.73. The number of hydrogen-bond donors (Lipinski definition) is 4. The molecule has 0 radical (unpaired) electrons. The average Bonchev–Trinajstić information content (AvgIpc) is 3.77. The highest BCUT2D eigenvalue weighted by atomic mass is 16.5. The van der Waals surface area contributed by atoms with Crippen LogP contribution in [0.2, 0.25) is 0 Å². The number of piperidine rings is 2. The van der Waals surface area contributed by atoms with Crippen LogP contribution in [0.4, 0.5) is 17.1 Å². The van der Waals surface area contributed by atoms with Gasteiger partial charge in [0.05, 0.1) is 49.7 Å². The lowest BCUT2D eigenvalue weighted by Gasteiger charge is -2.38. The molecule has 1 aromatic heterocycles. The van der Waals surface area contributed by atoms with Gasteiger partial charge in [0.15, 0.2) is 11.5 Å². The van der Waals surface area contributed by atoms with Gasteiger partial charge in [-0.15, -0.1) is 0 Å². The van der Waals surface area contributed by atoms with Crippen LogP contribution >= 0.6 is 0 Å². The number of rotatable bonds is 14. The van der Waals surface area contributed by atoms with Crippen LogP contribution in [0.15, 0.2) is 48.5 Å². The topological polar surface area (TPSA) is 184 Å². The molecule has 4 N–H and O–H groups in total. The standard InChI is InChI=1S/C46H49N7O8/c1-5-26-23-31-32(46(2,3)42-40(41(31)56)29-10-9-28(47-4)24-34(29)50-42)25-36(26)52-17-13-27(14-18-52)49-38(55)15-19-60-21-22-61-20-16-48-33-8-6-7-30-39(33)45(59)53(44(30)58)35-11-12-37(54)51-43(35)57/h6-10,23-25,27,35,48,50H,5,11-22H2,1-3H3,(H,49,55)(H,51,54,57). The lowest BCUT2D eigenvalue weighted by Crippen LogP contribution is -2.54. The molecule has 15 heteroatoms. The lowest BCUT2D eigenvalue weighted by molar-refractivity contribution is -0.136. The van der Waals surface area contributed by atoms with Crippen molar-refractivity contribution in [1.82, 2.24) is 20.5 Å². The third-order valence-corrected chi connectivity index (χ3v) is 12.4. The van der Waals surface area contributed by atoms with Crippen molar-refractivity contribution in [1.29, 1.82) is 0 Å². The van der Waals surface area contributed by atoms with E-state index in [0.29, 0.717) is 43.3 Å². The van der Waals surface area contributed by atoms with E-state index in [1.807, 2.05) is 12.1 Å². The molecule has 2 fully saturated rings. The number of fused-ring (bicyclic) bond motifs is 5. The smallest absolute Gasteiger partial charge is 0.264 e. The summed E-state index contributed by atoms with van der Waals surface area (Å²) in [7, 11) is 0. The number of aromatic nitrogens is 1.